The van der Waals surface area contributed by atoms with Gasteiger partial charge < -0.3 is 5.73 Å². The first kappa shape index (κ1) is 12.7. The minimum atomic E-state index is -0.768. The first-order valence-corrected chi connectivity index (χ1v) is 7.16. The van der Waals surface area contributed by atoms with E-state index in [2.05, 4.69) is 15.5 Å². The number of aromatic nitrogens is 4. The molecule has 110 valence electrons. The number of fused-ring (bicyclic) bond motifs is 2. The summed E-state index contributed by atoms with van der Waals surface area (Å²) in [6, 6.07) is 2.25. The van der Waals surface area contributed by atoms with Crippen molar-refractivity contribution < 1.29 is 8.78 Å². The number of halogens is 2. The third-order valence-electron chi connectivity index (χ3n) is 4.83. The Morgan fingerprint density at radius 2 is 2.00 bits per heavy atom. The Labute approximate surface area is 120 Å². The van der Waals surface area contributed by atoms with Gasteiger partial charge >= 0.3 is 0 Å². The third-order valence-corrected chi connectivity index (χ3v) is 4.83. The molecule has 2 aliphatic rings. The SMILES string of the molecule is Nc1cc(-c2nnnn2C2CC3CCC2C3)c(F)cc1F. The summed E-state index contributed by atoms with van der Waals surface area (Å²) in [4.78, 5) is 0. The second-order valence-corrected chi connectivity index (χ2v) is 6.04. The maximum atomic E-state index is 14.0. The number of nitrogens with two attached hydrogens (primary N) is 1. The van der Waals surface area contributed by atoms with Crippen LogP contribution >= 0.6 is 0 Å². The van der Waals surface area contributed by atoms with Crippen molar-refractivity contribution >= 4 is 5.69 Å². The molecule has 2 aliphatic carbocycles. The van der Waals surface area contributed by atoms with Crippen molar-refractivity contribution in [1.29, 1.82) is 0 Å². The number of rotatable bonds is 2. The largest absolute Gasteiger partial charge is 0.396 e. The first-order valence-electron chi connectivity index (χ1n) is 7.16. The van der Waals surface area contributed by atoms with Gasteiger partial charge in [-0.25, -0.2) is 13.5 Å². The van der Waals surface area contributed by atoms with Gasteiger partial charge in [0.25, 0.3) is 0 Å². The summed E-state index contributed by atoms with van der Waals surface area (Å²) in [6.07, 6.45) is 4.65. The molecule has 0 amide bonds. The van der Waals surface area contributed by atoms with Gasteiger partial charge in [0.15, 0.2) is 5.82 Å². The molecule has 0 saturated heterocycles. The molecule has 1 heterocycles. The number of nitrogen functional groups attached to an aromatic ring is 1. The molecule has 2 saturated carbocycles. The van der Waals surface area contributed by atoms with Crippen LogP contribution in [-0.4, -0.2) is 20.2 Å². The fourth-order valence-electron chi connectivity index (χ4n) is 3.84. The topological polar surface area (TPSA) is 69.6 Å². The molecule has 2 bridgehead atoms. The zero-order valence-electron chi connectivity index (χ0n) is 11.3. The summed E-state index contributed by atoms with van der Waals surface area (Å²) in [6.45, 7) is 0. The average Bonchev–Trinajstić information content (AvgIpc) is 3.17. The van der Waals surface area contributed by atoms with Gasteiger partial charge in [-0.3, -0.25) is 0 Å². The van der Waals surface area contributed by atoms with E-state index < -0.39 is 11.6 Å². The summed E-state index contributed by atoms with van der Waals surface area (Å²) in [7, 11) is 0. The fraction of sp³-hybridized carbons (Fsp3) is 0.500. The molecule has 0 radical (unpaired) electrons. The molecule has 3 atom stereocenters. The molecular weight excluding hydrogens is 276 g/mol. The van der Waals surface area contributed by atoms with Crippen LogP contribution in [0.5, 0.6) is 0 Å². The van der Waals surface area contributed by atoms with Crippen LogP contribution in [0, 0.1) is 23.5 Å². The molecule has 0 spiro atoms. The lowest BCUT2D eigenvalue weighted by Crippen LogP contribution is -2.19. The molecule has 2 N–H and O–H groups in total. The van der Waals surface area contributed by atoms with Gasteiger partial charge in [0.2, 0.25) is 0 Å². The van der Waals surface area contributed by atoms with E-state index in [0.29, 0.717) is 11.7 Å². The maximum absolute atomic E-state index is 14.0. The first-order chi connectivity index (χ1) is 10.1. The summed E-state index contributed by atoms with van der Waals surface area (Å²) >= 11 is 0. The molecule has 0 aliphatic heterocycles. The molecule has 1 aromatic heterocycles. The number of hydrogen-bond acceptors (Lipinski definition) is 4. The third kappa shape index (κ3) is 1.91. The maximum Gasteiger partial charge on any atom is 0.185 e. The van der Waals surface area contributed by atoms with E-state index in [1.807, 2.05) is 0 Å². The van der Waals surface area contributed by atoms with Gasteiger partial charge in [-0.15, -0.1) is 5.10 Å². The quantitative estimate of drug-likeness (QED) is 0.863. The van der Waals surface area contributed by atoms with Crippen LogP contribution < -0.4 is 5.73 Å². The normalized spacial score (nSPS) is 27.4. The van der Waals surface area contributed by atoms with Crippen LogP contribution in [0.15, 0.2) is 12.1 Å². The summed E-state index contributed by atoms with van der Waals surface area (Å²) in [5, 5.41) is 11.7. The highest BCUT2D eigenvalue weighted by atomic mass is 19.1. The van der Waals surface area contributed by atoms with Crippen LogP contribution in [0.2, 0.25) is 0 Å². The minimum absolute atomic E-state index is 0.103. The summed E-state index contributed by atoms with van der Waals surface area (Å²) in [5.74, 6) is 0.145. The second-order valence-electron chi connectivity index (χ2n) is 6.04. The highest BCUT2D eigenvalue weighted by Gasteiger charge is 2.42. The van der Waals surface area contributed by atoms with Crippen molar-refractivity contribution in [2.45, 2.75) is 31.7 Å². The predicted octanol–water partition coefficient (Wildman–Crippen LogP) is 2.56. The van der Waals surface area contributed by atoms with Gasteiger partial charge in [0, 0.05) is 6.07 Å². The Balaban J connectivity index is 1.77. The number of anilines is 1. The molecular formula is C14H15F2N5. The van der Waals surface area contributed by atoms with Gasteiger partial charge in [-0.05, 0) is 47.6 Å². The van der Waals surface area contributed by atoms with E-state index in [9.17, 15) is 8.78 Å². The smallest absolute Gasteiger partial charge is 0.185 e. The summed E-state index contributed by atoms with van der Waals surface area (Å²) < 4.78 is 29.0. The molecule has 2 aromatic rings. The van der Waals surface area contributed by atoms with E-state index in [1.165, 1.54) is 25.3 Å². The summed E-state index contributed by atoms with van der Waals surface area (Å²) in [5.41, 5.74) is 5.59. The van der Waals surface area contributed by atoms with Crippen molar-refractivity contribution in [3.05, 3.63) is 23.8 Å². The zero-order valence-corrected chi connectivity index (χ0v) is 11.3. The Morgan fingerprint density at radius 3 is 2.71 bits per heavy atom. The number of hydrogen-bond donors (Lipinski definition) is 1. The Kier molecular flexibility index (Phi) is 2.70. The lowest BCUT2D eigenvalue weighted by Gasteiger charge is -2.22. The van der Waals surface area contributed by atoms with Gasteiger partial charge in [0.05, 0.1) is 17.3 Å². The van der Waals surface area contributed by atoms with Crippen molar-refractivity contribution in [2.75, 3.05) is 5.73 Å². The van der Waals surface area contributed by atoms with Crippen molar-refractivity contribution in [3.63, 3.8) is 0 Å². The van der Waals surface area contributed by atoms with Crippen LogP contribution in [0.1, 0.15) is 31.7 Å². The minimum Gasteiger partial charge on any atom is -0.396 e. The molecule has 21 heavy (non-hydrogen) atoms. The molecule has 3 unspecified atom stereocenters. The number of tetrazole rings is 1. The van der Waals surface area contributed by atoms with Gasteiger partial charge in [-0.1, -0.05) is 6.42 Å². The van der Waals surface area contributed by atoms with Crippen LogP contribution in [0.25, 0.3) is 11.4 Å². The van der Waals surface area contributed by atoms with Crippen LogP contribution in [0.4, 0.5) is 14.5 Å². The lowest BCUT2D eigenvalue weighted by molar-refractivity contribution is 0.304. The van der Waals surface area contributed by atoms with Gasteiger partial charge in [0.1, 0.15) is 11.6 Å². The monoisotopic (exact) mass is 291 g/mol. The Hall–Kier alpha value is -2.05. The zero-order chi connectivity index (χ0) is 14.6. The molecule has 2 fully saturated rings. The van der Waals surface area contributed by atoms with E-state index >= 15 is 0 Å². The van der Waals surface area contributed by atoms with Crippen LogP contribution in [-0.2, 0) is 0 Å². The average molecular weight is 291 g/mol. The Bertz CT molecular complexity index is 699. The van der Waals surface area contributed by atoms with Gasteiger partial charge in [-0.2, -0.15) is 0 Å². The molecule has 4 rings (SSSR count). The molecule has 1 aromatic carbocycles. The highest BCUT2D eigenvalue weighted by Crippen LogP contribution is 2.51. The second kappa shape index (κ2) is 4.47. The van der Waals surface area contributed by atoms with E-state index in [4.69, 9.17) is 5.73 Å². The number of nitrogens with zero attached hydrogens (tertiary/aromatic N) is 4. The molecule has 7 heteroatoms. The Morgan fingerprint density at radius 1 is 1.14 bits per heavy atom. The van der Waals surface area contributed by atoms with Crippen molar-refractivity contribution in [1.82, 2.24) is 20.2 Å². The van der Waals surface area contributed by atoms with E-state index in [1.54, 1.807) is 4.68 Å². The van der Waals surface area contributed by atoms with E-state index in [0.717, 1.165) is 18.4 Å². The van der Waals surface area contributed by atoms with Crippen molar-refractivity contribution in [2.24, 2.45) is 11.8 Å². The standard InChI is InChI=1S/C14H15F2N5/c15-10-6-11(16)12(17)5-9(10)14-18-19-20-21(14)13-4-7-1-2-8(13)3-7/h5-8,13H,1-4,17H2. The van der Waals surface area contributed by atoms with E-state index in [-0.39, 0.29) is 17.3 Å². The highest BCUT2D eigenvalue weighted by molar-refractivity contribution is 5.62. The fourth-order valence-corrected chi connectivity index (χ4v) is 3.84. The van der Waals surface area contributed by atoms with Crippen molar-refractivity contribution in [3.8, 4) is 11.4 Å². The molecule has 5 nitrogen and oxygen atoms in total. The van der Waals surface area contributed by atoms with Crippen LogP contribution in [0.3, 0.4) is 0 Å². The predicted molar refractivity (Wildman–Crippen MR) is 72.1 cm³/mol. The lowest BCUT2D eigenvalue weighted by atomic mass is 9.95. The number of benzene rings is 1.